The van der Waals surface area contributed by atoms with Crippen molar-refractivity contribution in [1.82, 2.24) is 5.32 Å². The van der Waals surface area contributed by atoms with Crippen LogP contribution in [0, 0.1) is 0 Å². The molecule has 1 heterocycles. The van der Waals surface area contributed by atoms with E-state index < -0.39 is 0 Å². The fourth-order valence-corrected chi connectivity index (χ4v) is 2.25. The van der Waals surface area contributed by atoms with Crippen molar-refractivity contribution in [3.8, 4) is 0 Å². The number of hydrogen-bond donors (Lipinski definition) is 1. The van der Waals surface area contributed by atoms with Crippen LogP contribution < -0.4 is 5.32 Å². The Morgan fingerprint density at radius 1 is 1.47 bits per heavy atom. The van der Waals surface area contributed by atoms with Crippen molar-refractivity contribution in [3.05, 3.63) is 34.3 Å². The molecule has 3 nitrogen and oxygen atoms in total. The minimum Gasteiger partial charge on any atom is -0.376 e. The fourth-order valence-electron chi connectivity index (χ4n) is 1.98. The highest BCUT2D eigenvalue weighted by molar-refractivity contribution is 9.10. The molecule has 2 rings (SSSR count). The summed E-state index contributed by atoms with van der Waals surface area (Å²) in [6.45, 7) is 2.80. The van der Waals surface area contributed by atoms with E-state index in [9.17, 15) is 4.79 Å². The summed E-state index contributed by atoms with van der Waals surface area (Å²) in [6.07, 6.45) is 2.28. The first-order valence-corrected chi connectivity index (χ1v) is 6.64. The molecule has 0 spiro atoms. The van der Waals surface area contributed by atoms with Crippen molar-refractivity contribution in [1.29, 1.82) is 0 Å². The summed E-state index contributed by atoms with van der Waals surface area (Å²) in [5.41, 5.74) is 0.679. The SMILES string of the molecule is CC(NC(=O)c1ccc(Br)cc1)C1CCCO1. The highest BCUT2D eigenvalue weighted by Gasteiger charge is 2.23. The maximum absolute atomic E-state index is 11.9. The van der Waals surface area contributed by atoms with Gasteiger partial charge in [0.05, 0.1) is 12.1 Å². The highest BCUT2D eigenvalue weighted by Crippen LogP contribution is 2.16. The molecule has 1 fully saturated rings. The van der Waals surface area contributed by atoms with E-state index in [1.54, 1.807) is 0 Å². The number of nitrogens with one attached hydrogen (secondary N) is 1. The van der Waals surface area contributed by atoms with Crippen LogP contribution in [0.1, 0.15) is 30.1 Å². The molecule has 1 aromatic rings. The molecule has 17 heavy (non-hydrogen) atoms. The molecule has 0 saturated carbocycles. The third-order valence-corrected chi connectivity index (χ3v) is 3.52. The normalized spacial score (nSPS) is 21.2. The second-order valence-corrected chi connectivity index (χ2v) is 5.24. The van der Waals surface area contributed by atoms with Gasteiger partial charge in [-0.2, -0.15) is 0 Å². The van der Waals surface area contributed by atoms with Gasteiger partial charge < -0.3 is 10.1 Å². The van der Waals surface area contributed by atoms with Gasteiger partial charge in [0.2, 0.25) is 0 Å². The lowest BCUT2D eigenvalue weighted by molar-refractivity contribution is 0.0712. The van der Waals surface area contributed by atoms with Crippen LogP contribution in [0.4, 0.5) is 0 Å². The van der Waals surface area contributed by atoms with Crippen molar-refractivity contribution < 1.29 is 9.53 Å². The summed E-state index contributed by atoms with van der Waals surface area (Å²) in [7, 11) is 0. The molecule has 0 aromatic heterocycles. The summed E-state index contributed by atoms with van der Waals surface area (Å²) in [4.78, 5) is 11.9. The lowest BCUT2D eigenvalue weighted by atomic mass is 10.1. The highest BCUT2D eigenvalue weighted by atomic mass is 79.9. The summed E-state index contributed by atoms with van der Waals surface area (Å²) in [5, 5.41) is 2.98. The van der Waals surface area contributed by atoms with Gasteiger partial charge in [-0.3, -0.25) is 4.79 Å². The molecule has 1 amide bonds. The van der Waals surface area contributed by atoms with Gasteiger partial charge in [0.15, 0.2) is 0 Å². The number of carbonyl (C=O) groups is 1. The van der Waals surface area contributed by atoms with Crippen LogP contribution >= 0.6 is 15.9 Å². The molecular formula is C13H16BrNO2. The average molecular weight is 298 g/mol. The Hall–Kier alpha value is -0.870. The van der Waals surface area contributed by atoms with Crippen LogP contribution in [-0.2, 0) is 4.74 Å². The van der Waals surface area contributed by atoms with Gasteiger partial charge in [-0.05, 0) is 44.0 Å². The molecular weight excluding hydrogens is 282 g/mol. The van der Waals surface area contributed by atoms with Crippen molar-refractivity contribution >= 4 is 21.8 Å². The van der Waals surface area contributed by atoms with E-state index >= 15 is 0 Å². The number of halogens is 1. The smallest absolute Gasteiger partial charge is 0.251 e. The second-order valence-electron chi connectivity index (χ2n) is 4.32. The molecule has 1 aliphatic rings. The lowest BCUT2D eigenvalue weighted by Crippen LogP contribution is -2.40. The van der Waals surface area contributed by atoms with Crippen molar-refractivity contribution in [2.75, 3.05) is 6.61 Å². The minimum atomic E-state index is -0.0412. The van der Waals surface area contributed by atoms with Crippen molar-refractivity contribution in [2.24, 2.45) is 0 Å². The van der Waals surface area contributed by atoms with Crippen LogP contribution in [0.15, 0.2) is 28.7 Å². The molecule has 1 aromatic carbocycles. The van der Waals surface area contributed by atoms with Crippen LogP contribution in [0.2, 0.25) is 0 Å². The van der Waals surface area contributed by atoms with Gasteiger partial charge in [0, 0.05) is 16.6 Å². The van der Waals surface area contributed by atoms with Gasteiger partial charge >= 0.3 is 0 Å². The zero-order chi connectivity index (χ0) is 12.3. The molecule has 4 heteroatoms. The standard InChI is InChI=1S/C13H16BrNO2/c1-9(12-3-2-8-17-12)15-13(16)10-4-6-11(14)7-5-10/h4-7,9,12H,2-3,8H2,1H3,(H,15,16). The van der Waals surface area contributed by atoms with E-state index in [-0.39, 0.29) is 18.1 Å². The average Bonchev–Trinajstić information content (AvgIpc) is 2.83. The molecule has 1 saturated heterocycles. The fraction of sp³-hybridized carbons (Fsp3) is 0.462. The van der Waals surface area contributed by atoms with Gasteiger partial charge in [0.1, 0.15) is 0 Å². The number of benzene rings is 1. The molecule has 2 unspecified atom stereocenters. The molecule has 0 radical (unpaired) electrons. The molecule has 1 N–H and O–H groups in total. The van der Waals surface area contributed by atoms with Crippen LogP contribution in [0.5, 0.6) is 0 Å². The molecule has 92 valence electrons. The quantitative estimate of drug-likeness (QED) is 0.932. The first kappa shape index (κ1) is 12.6. The maximum atomic E-state index is 11.9. The van der Waals surface area contributed by atoms with E-state index in [1.165, 1.54) is 0 Å². The van der Waals surface area contributed by atoms with Gasteiger partial charge in [0.25, 0.3) is 5.91 Å². The molecule has 0 aliphatic carbocycles. The Kier molecular flexibility index (Phi) is 4.18. The predicted octanol–water partition coefficient (Wildman–Crippen LogP) is 2.75. The number of rotatable bonds is 3. The van der Waals surface area contributed by atoms with Crippen LogP contribution in [0.3, 0.4) is 0 Å². The van der Waals surface area contributed by atoms with E-state index in [0.717, 1.165) is 23.9 Å². The molecule has 0 bridgehead atoms. The first-order valence-electron chi connectivity index (χ1n) is 5.85. The monoisotopic (exact) mass is 297 g/mol. The van der Waals surface area contributed by atoms with Crippen molar-refractivity contribution in [3.63, 3.8) is 0 Å². The van der Waals surface area contributed by atoms with Gasteiger partial charge in [-0.15, -0.1) is 0 Å². The Morgan fingerprint density at radius 3 is 2.76 bits per heavy atom. The number of hydrogen-bond acceptors (Lipinski definition) is 2. The third-order valence-electron chi connectivity index (χ3n) is 2.99. The summed E-state index contributed by atoms with van der Waals surface area (Å²) in [6, 6.07) is 7.41. The van der Waals surface area contributed by atoms with Crippen LogP contribution in [-0.4, -0.2) is 24.7 Å². The Bertz CT molecular complexity index is 385. The predicted molar refractivity (Wildman–Crippen MR) is 70.0 cm³/mol. The Morgan fingerprint density at radius 2 is 2.18 bits per heavy atom. The Balaban J connectivity index is 1.94. The minimum absolute atomic E-state index is 0.0412. The molecule has 1 aliphatic heterocycles. The molecule has 2 atom stereocenters. The number of ether oxygens (including phenoxy) is 1. The summed E-state index contributed by atoms with van der Waals surface area (Å²) in [5.74, 6) is -0.0412. The van der Waals surface area contributed by atoms with Crippen molar-refractivity contribution in [2.45, 2.75) is 31.9 Å². The van der Waals surface area contributed by atoms with Gasteiger partial charge in [-0.25, -0.2) is 0 Å². The summed E-state index contributed by atoms with van der Waals surface area (Å²) < 4.78 is 6.52. The maximum Gasteiger partial charge on any atom is 0.251 e. The topological polar surface area (TPSA) is 38.3 Å². The Labute approximate surface area is 110 Å². The number of amides is 1. The van der Waals surface area contributed by atoms with E-state index in [2.05, 4.69) is 21.2 Å². The lowest BCUT2D eigenvalue weighted by Gasteiger charge is -2.19. The largest absolute Gasteiger partial charge is 0.376 e. The first-order chi connectivity index (χ1) is 8.16. The van der Waals surface area contributed by atoms with E-state index in [1.807, 2.05) is 31.2 Å². The van der Waals surface area contributed by atoms with Crippen LogP contribution in [0.25, 0.3) is 0 Å². The zero-order valence-corrected chi connectivity index (χ0v) is 11.4. The van der Waals surface area contributed by atoms with E-state index in [4.69, 9.17) is 4.74 Å². The third kappa shape index (κ3) is 3.30. The van der Waals surface area contributed by atoms with E-state index in [0.29, 0.717) is 5.56 Å². The number of carbonyl (C=O) groups excluding carboxylic acids is 1. The van der Waals surface area contributed by atoms with Gasteiger partial charge in [-0.1, -0.05) is 15.9 Å². The zero-order valence-electron chi connectivity index (χ0n) is 9.78. The second kappa shape index (κ2) is 5.65. The summed E-state index contributed by atoms with van der Waals surface area (Å²) >= 11 is 3.35.